The van der Waals surface area contributed by atoms with Crippen molar-refractivity contribution < 1.29 is 10.2 Å². The van der Waals surface area contributed by atoms with Gasteiger partial charge in [-0.05, 0) is 22.3 Å². The molecule has 2 aliphatic rings. The normalized spacial score (nSPS) is 26.4. The molecule has 1 aliphatic heterocycles. The van der Waals surface area contributed by atoms with Gasteiger partial charge in [-0.1, -0.05) is 78.9 Å². The Morgan fingerprint density at radius 2 is 1.24 bits per heavy atom. The van der Waals surface area contributed by atoms with E-state index in [1.165, 1.54) is 0 Å². The summed E-state index contributed by atoms with van der Waals surface area (Å²) in [6, 6.07) is 25.1. The van der Waals surface area contributed by atoms with E-state index in [-0.39, 0.29) is 6.42 Å². The zero-order valence-corrected chi connectivity index (χ0v) is 13.6. The molecule has 3 nitrogen and oxygen atoms in total. The van der Waals surface area contributed by atoms with Crippen LogP contribution in [0.15, 0.2) is 83.9 Å². The highest BCUT2D eigenvalue weighted by atomic mass is 16.4. The van der Waals surface area contributed by atoms with Gasteiger partial charge in [0.05, 0.1) is 0 Å². The summed E-state index contributed by atoms with van der Waals surface area (Å²) in [4.78, 5) is 4.65. The number of aliphatic imine (C=N–C) groups is 1. The molecule has 0 saturated heterocycles. The first-order valence-electron chi connectivity index (χ1n) is 8.42. The van der Waals surface area contributed by atoms with E-state index in [1.807, 2.05) is 78.9 Å². The number of fused-ring (bicyclic) bond motifs is 6. The summed E-state index contributed by atoms with van der Waals surface area (Å²) < 4.78 is 0. The van der Waals surface area contributed by atoms with Crippen molar-refractivity contribution in [2.45, 2.75) is 17.7 Å². The van der Waals surface area contributed by atoms with Crippen LogP contribution in [-0.2, 0) is 11.3 Å². The van der Waals surface area contributed by atoms with E-state index in [0.717, 1.165) is 28.0 Å². The molecule has 2 N–H and O–H groups in total. The standard InChI is InChI=1S/C22H17NO2/c24-21-14-20(15-8-2-1-3-9-15)23-22(21,25)19-13-7-5-11-17(19)16-10-4-6-12-18(16)21/h1-13,24-25H,14H2/t21-,22+/m1/s1. The average molecular weight is 327 g/mol. The minimum absolute atomic E-state index is 0.277. The minimum Gasteiger partial charge on any atom is -0.379 e. The molecule has 0 radical (unpaired) electrons. The highest BCUT2D eigenvalue weighted by Gasteiger charge is 2.60. The summed E-state index contributed by atoms with van der Waals surface area (Å²) in [5.41, 5.74) is 1.75. The molecule has 25 heavy (non-hydrogen) atoms. The molecular formula is C22H17NO2. The van der Waals surface area contributed by atoms with Gasteiger partial charge in [-0.25, -0.2) is 4.99 Å². The van der Waals surface area contributed by atoms with Gasteiger partial charge in [-0.15, -0.1) is 0 Å². The van der Waals surface area contributed by atoms with Crippen molar-refractivity contribution in [3.63, 3.8) is 0 Å². The van der Waals surface area contributed by atoms with Gasteiger partial charge in [0.1, 0.15) is 5.60 Å². The van der Waals surface area contributed by atoms with E-state index in [1.54, 1.807) is 0 Å². The van der Waals surface area contributed by atoms with Crippen LogP contribution in [0.4, 0.5) is 0 Å². The number of aliphatic hydroxyl groups is 2. The lowest BCUT2D eigenvalue weighted by molar-refractivity contribution is -0.147. The van der Waals surface area contributed by atoms with Crippen LogP contribution in [-0.4, -0.2) is 15.9 Å². The molecule has 5 rings (SSSR count). The van der Waals surface area contributed by atoms with Gasteiger partial charge in [0.2, 0.25) is 5.72 Å². The van der Waals surface area contributed by atoms with E-state index >= 15 is 0 Å². The van der Waals surface area contributed by atoms with Crippen LogP contribution in [0, 0.1) is 0 Å². The SMILES string of the molecule is O[C@@]12CC(c3ccccc3)=N[C@]1(O)c1ccccc1-c1ccccc12. The summed E-state index contributed by atoms with van der Waals surface area (Å²) in [6.07, 6.45) is 0.277. The van der Waals surface area contributed by atoms with Crippen LogP contribution in [0.2, 0.25) is 0 Å². The van der Waals surface area contributed by atoms with Gasteiger partial charge in [0.25, 0.3) is 0 Å². The predicted octanol–water partition coefficient (Wildman–Crippen LogP) is 3.59. The van der Waals surface area contributed by atoms with Crippen LogP contribution in [0.1, 0.15) is 23.1 Å². The smallest absolute Gasteiger partial charge is 0.217 e. The van der Waals surface area contributed by atoms with Crippen LogP contribution in [0.3, 0.4) is 0 Å². The number of nitrogens with zero attached hydrogens (tertiary/aromatic N) is 1. The Hall–Kier alpha value is -2.75. The molecule has 0 aromatic heterocycles. The monoisotopic (exact) mass is 327 g/mol. The van der Waals surface area contributed by atoms with Gasteiger partial charge >= 0.3 is 0 Å². The van der Waals surface area contributed by atoms with Crippen LogP contribution in [0.5, 0.6) is 0 Å². The van der Waals surface area contributed by atoms with Crippen LogP contribution >= 0.6 is 0 Å². The zero-order chi connectivity index (χ0) is 17.1. The summed E-state index contributed by atoms with van der Waals surface area (Å²) in [5.74, 6) is 0. The maximum absolute atomic E-state index is 11.6. The molecule has 1 aliphatic carbocycles. The molecule has 122 valence electrons. The molecule has 0 saturated carbocycles. The second kappa shape index (κ2) is 4.88. The van der Waals surface area contributed by atoms with Crippen molar-refractivity contribution in [2.24, 2.45) is 4.99 Å². The van der Waals surface area contributed by atoms with Gasteiger partial charge in [0.15, 0.2) is 0 Å². The van der Waals surface area contributed by atoms with Gasteiger partial charge < -0.3 is 10.2 Å². The molecular weight excluding hydrogens is 310 g/mol. The highest BCUT2D eigenvalue weighted by Crippen LogP contribution is 2.57. The zero-order valence-electron chi connectivity index (χ0n) is 13.6. The topological polar surface area (TPSA) is 52.8 Å². The molecule has 0 fully saturated rings. The number of rotatable bonds is 1. The lowest BCUT2D eigenvalue weighted by Gasteiger charge is -2.42. The third-order valence-corrected chi connectivity index (χ3v) is 5.37. The summed E-state index contributed by atoms with van der Waals surface area (Å²) in [5, 5.41) is 23.2. The Labute approximate surface area is 145 Å². The Kier molecular flexibility index (Phi) is 2.85. The van der Waals surface area contributed by atoms with Crippen molar-refractivity contribution >= 4 is 5.71 Å². The molecule has 0 unspecified atom stereocenters. The Balaban J connectivity index is 1.81. The fraction of sp³-hybridized carbons (Fsp3) is 0.136. The highest BCUT2D eigenvalue weighted by molar-refractivity contribution is 6.04. The number of benzene rings is 3. The second-order valence-corrected chi connectivity index (χ2v) is 6.72. The average Bonchev–Trinajstić information content (AvgIpc) is 2.96. The fourth-order valence-electron chi connectivity index (χ4n) is 4.16. The second-order valence-electron chi connectivity index (χ2n) is 6.72. The summed E-state index contributed by atoms with van der Waals surface area (Å²) in [6.45, 7) is 0. The lowest BCUT2D eigenvalue weighted by atomic mass is 9.69. The molecule has 3 aromatic carbocycles. The molecule has 0 amide bonds. The van der Waals surface area contributed by atoms with Crippen molar-refractivity contribution in [3.05, 3.63) is 95.6 Å². The van der Waals surface area contributed by atoms with E-state index < -0.39 is 11.3 Å². The third kappa shape index (κ3) is 1.79. The summed E-state index contributed by atoms with van der Waals surface area (Å²) >= 11 is 0. The van der Waals surface area contributed by atoms with Gasteiger partial charge in [-0.3, -0.25) is 0 Å². The van der Waals surface area contributed by atoms with Gasteiger partial charge in [-0.2, -0.15) is 0 Å². The van der Waals surface area contributed by atoms with Crippen molar-refractivity contribution in [1.29, 1.82) is 0 Å². The fourth-order valence-corrected chi connectivity index (χ4v) is 4.16. The van der Waals surface area contributed by atoms with E-state index in [2.05, 4.69) is 4.99 Å². The van der Waals surface area contributed by atoms with E-state index in [0.29, 0.717) is 5.56 Å². The first kappa shape index (κ1) is 14.6. The summed E-state index contributed by atoms with van der Waals surface area (Å²) in [7, 11) is 0. The number of hydrogen-bond acceptors (Lipinski definition) is 3. The van der Waals surface area contributed by atoms with E-state index in [9.17, 15) is 10.2 Å². The van der Waals surface area contributed by atoms with E-state index in [4.69, 9.17) is 0 Å². The largest absolute Gasteiger partial charge is 0.379 e. The predicted molar refractivity (Wildman–Crippen MR) is 97.3 cm³/mol. The Morgan fingerprint density at radius 3 is 1.96 bits per heavy atom. The van der Waals surface area contributed by atoms with Crippen molar-refractivity contribution in [1.82, 2.24) is 0 Å². The minimum atomic E-state index is -1.68. The maximum Gasteiger partial charge on any atom is 0.217 e. The first-order chi connectivity index (χ1) is 12.1. The lowest BCUT2D eigenvalue weighted by Crippen LogP contribution is -2.47. The third-order valence-electron chi connectivity index (χ3n) is 5.37. The number of hydrogen-bond donors (Lipinski definition) is 2. The molecule has 2 atom stereocenters. The molecule has 1 heterocycles. The molecule has 3 aromatic rings. The van der Waals surface area contributed by atoms with Crippen molar-refractivity contribution in [3.8, 4) is 11.1 Å². The van der Waals surface area contributed by atoms with Crippen LogP contribution < -0.4 is 0 Å². The first-order valence-corrected chi connectivity index (χ1v) is 8.42. The van der Waals surface area contributed by atoms with Crippen molar-refractivity contribution in [2.75, 3.05) is 0 Å². The Bertz CT molecular complexity index is 1010. The van der Waals surface area contributed by atoms with Gasteiger partial charge in [0, 0.05) is 17.7 Å². The maximum atomic E-state index is 11.6. The quantitative estimate of drug-likeness (QED) is 0.717. The molecule has 3 heteroatoms. The Morgan fingerprint density at radius 1 is 0.680 bits per heavy atom. The molecule has 0 spiro atoms. The molecule has 0 bridgehead atoms. The van der Waals surface area contributed by atoms with Crippen LogP contribution in [0.25, 0.3) is 11.1 Å².